The van der Waals surface area contributed by atoms with E-state index in [0.717, 1.165) is 0 Å². The van der Waals surface area contributed by atoms with Crippen molar-refractivity contribution in [3.8, 4) is 0 Å². The van der Waals surface area contributed by atoms with Crippen LogP contribution in [0.5, 0.6) is 0 Å². The Morgan fingerprint density at radius 1 is 0.217 bits per heavy atom. The molecule has 0 aromatic heterocycles. The Labute approximate surface area is 621 Å². The summed E-state index contributed by atoms with van der Waals surface area (Å²) in [6, 6.07) is 0. The van der Waals surface area contributed by atoms with E-state index in [0.29, 0.717) is 0 Å². The minimum absolute atomic E-state index is 0. The molecule has 0 aliphatic heterocycles. The molecule has 3 aliphatic carbocycles. The third kappa shape index (κ3) is 264. The van der Waals surface area contributed by atoms with E-state index in [1.54, 1.807) is 0 Å². The molecule has 9 heteroatoms. The zero-order valence-corrected chi connectivity index (χ0v) is 73.2. The molecule has 0 unspecified atom stereocenters. The second kappa shape index (κ2) is 173. The molecule has 357 valence electrons. The molecule has 3 aliphatic rings. The zero-order chi connectivity index (χ0) is 39.7. The van der Waals surface area contributed by atoms with Gasteiger partial charge in [-0.25, -0.2) is 0 Å². The van der Waals surface area contributed by atoms with Crippen LogP contribution >= 0.6 is 0 Å². The molecule has 0 aromatic carbocycles. The number of hydrogen-bond acceptors (Lipinski definition) is 0. The van der Waals surface area contributed by atoms with E-state index in [9.17, 15) is 0 Å². The molecule has 3 saturated carbocycles. The van der Waals surface area contributed by atoms with Crippen molar-refractivity contribution < 1.29 is 294 Å². The van der Waals surface area contributed by atoms with Crippen LogP contribution in [0.2, 0.25) is 0 Å². The van der Waals surface area contributed by atoms with Crippen molar-refractivity contribution in [1.29, 1.82) is 0 Å². The summed E-state index contributed by atoms with van der Waals surface area (Å²) in [4.78, 5) is 0. The van der Waals surface area contributed by atoms with Gasteiger partial charge in [0.15, 0.2) is 0 Å². The van der Waals surface area contributed by atoms with E-state index < -0.39 is 0 Å². The van der Waals surface area contributed by atoms with Gasteiger partial charge in [-0.05, 0) is 0 Å². The van der Waals surface area contributed by atoms with Crippen LogP contribution in [0.15, 0.2) is 0 Å². The van der Waals surface area contributed by atoms with Gasteiger partial charge in [0, 0.05) is 294 Å². The minimum Gasteiger partial charge on any atom is -0.358 e. The quantitative estimate of drug-likeness (QED) is 0.247. The molecule has 9 radical (unpaired) electrons. The fraction of sp³-hybridized carbons (Fsp3) is 0.882. The predicted octanol–water partition coefficient (Wildman–Crippen LogP) is 21.7. The average molecular weight is 1530 g/mol. The predicted molar refractivity (Wildman–Crippen MR) is 259 cm³/mol. The van der Waals surface area contributed by atoms with E-state index in [4.69, 9.17) is 0 Å². The summed E-state index contributed by atoms with van der Waals surface area (Å²) in [6.07, 6.45) is 34.4. The Morgan fingerprint density at radius 2 is 0.250 bits per heavy atom. The molecule has 0 nitrogen and oxygen atoms in total. The van der Waals surface area contributed by atoms with Gasteiger partial charge in [0.1, 0.15) is 0 Å². The first-order chi connectivity index (χ1) is 23.1. The maximum atomic E-state index is 2.16. The van der Waals surface area contributed by atoms with Gasteiger partial charge in [-0.15, -0.1) is 0 Å². The van der Waals surface area contributed by atoms with E-state index in [1.165, 1.54) is 172 Å². The van der Waals surface area contributed by atoms with Crippen molar-refractivity contribution >= 4 is 0 Å². The zero-order valence-electron chi connectivity index (χ0n) is 47.7. The number of hydrogen-bond donors (Lipinski definition) is 0. The van der Waals surface area contributed by atoms with Crippen LogP contribution in [0.3, 0.4) is 0 Å². The molecular weight excluding hydrogens is 1410 g/mol. The first-order valence-corrected chi connectivity index (χ1v) is 22.4. The maximum Gasteiger partial charge on any atom is 0 e. The largest absolute Gasteiger partial charge is 0.358 e. The third-order valence-corrected chi connectivity index (χ3v) is 6.62. The molecule has 0 amide bonds. The standard InChI is InChI=1S/3C6H12.3C5H11.3C3H8.3C2H6.3CH3.9Y/c3*1-2-4-6-5-3-1;3*1-4-5(2)3;3*1-3-2;3*1-2;;;;;;;;;;;;/h3*1-6H2;3*4H2,1-3H3;3*3H2,1-2H3;3*1-2H3;3*1H3;;;;;;;;;/q;;;3*-1;;;;;;;3*-1;;;;;;;;;. The fourth-order valence-electron chi connectivity index (χ4n) is 3.18. The summed E-state index contributed by atoms with van der Waals surface area (Å²) in [6.45, 7) is 44.1. The van der Waals surface area contributed by atoms with Crippen molar-refractivity contribution in [1.82, 2.24) is 0 Å². The normalized spacial score (nSPS) is 10.8. The first-order valence-electron chi connectivity index (χ1n) is 22.4. The van der Waals surface area contributed by atoms with Crippen molar-refractivity contribution in [3.05, 3.63) is 40.0 Å². The van der Waals surface area contributed by atoms with E-state index in [-0.39, 0.29) is 317 Å². The Bertz CT molecular complexity index is 265. The summed E-state index contributed by atoms with van der Waals surface area (Å²) in [5.41, 5.74) is 0. The van der Waals surface area contributed by atoms with Gasteiger partial charge in [-0.3, -0.25) is 0 Å². The van der Waals surface area contributed by atoms with Gasteiger partial charge in [0.2, 0.25) is 0 Å². The van der Waals surface area contributed by atoms with Gasteiger partial charge in [0.05, 0.1) is 0 Å². The molecule has 0 aromatic rings. The molecule has 0 bridgehead atoms. The third-order valence-electron chi connectivity index (χ3n) is 6.62. The fourth-order valence-corrected chi connectivity index (χ4v) is 3.18. The Hall–Kier alpha value is 9.94. The van der Waals surface area contributed by atoms with Gasteiger partial charge < -0.3 is 40.0 Å². The van der Waals surface area contributed by atoms with Crippen LogP contribution in [0.4, 0.5) is 0 Å². The summed E-state index contributed by atoms with van der Waals surface area (Å²) >= 11 is 0. The van der Waals surface area contributed by atoms with Crippen molar-refractivity contribution in [3.63, 3.8) is 0 Å². The number of rotatable bonds is 3. The van der Waals surface area contributed by atoms with Crippen LogP contribution in [0.1, 0.15) is 299 Å². The minimum atomic E-state index is 0. The smallest absolute Gasteiger partial charge is 0 e. The summed E-state index contributed by atoms with van der Waals surface area (Å²) in [7, 11) is 0. The summed E-state index contributed by atoms with van der Waals surface area (Å²) < 4.78 is 0. The molecule has 0 N–H and O–H groups in total. The Balaban J connectivity index is -0.0000000145. The van der Waals surface area contributed by atoms with Gasteiger partial charge in [0.25, 0.3) is 0 Å². The van der Waals surface area contributed by atoms with Crippen LogP contribution in [0.25, 0.3) is 0 Å². The van der Waals surface area contributed by atoms with Crippen molar-refractivity contribution in [2.75, 3.05) is 0 Å². The molecule has 0 spiro atoms. The van der Waals surface area contributed by atoms with Gasteiger partial charge in [-0.2, -0.15) is 60.8 Å². The van der Waals surface area contributed by atoms with Gasteiger partial charge >= 0.3 is 0 Å². The second-order valence-corrected chi connectivity index (χ2v) is 13.2. The van der Waals surface area contributed by atoms with E-state index in [1.807, 2.05) is 41.5 Å². The molecular formula is C51H120Y9-6. The SMILES string of the molecule is C1CCCCC1.C1CCCCC1.C1CCCCC1.CC.CC.CC.CCC.CCC.CCC.CC[C-](C)C.CC[C-](C)C.CC[C-](C)C.[CH3-].[CH3-].[CH3-].[Y].[Y].[Y].[Y].[Y].[Y].[Y].[Y].[Y]. The van der Waals surface area contributed by atoms with Crippen LogP contribution in [-0.4, -0.2) is 0 Å². The summed E-state index contributed by atoms with van der Waals surface area (Å²) in [5.74, 6) is 4.51. The average Bonchev–Trinajstić information content (AvgIpc) is 3.15. The molecule has 0 heterocycles. The van der Waals surface area contributed by atoms with Crippen molar-refractivity contribution in [2.24, 2.45) is 0 Å². The molecule has 3 rings (SSSR count). The topological polar surface area (TPSA) is 0 Å². The Kier molecular flexibility index (Phi) is 399. The van der Waals surface area contributed by atoms with Crippen LogP contribution in [0, 0.1) is 40.0 Å². The van der Waals surface area contributed by atoms with Crippen LogP contribution in [-0.2, 0) is 294 Å². The van der Waals surface area contributed by atoms with Crippen molar-refractivity contribution in [2.45, 2.75) is 299 Å². The van der Waals surface area contributed by atoms with Crippen LogP contribution < -0.4 is 0 Å². The molecule has 0 atom stereocenters. The molecule has 3 fully saturated rings. The first kappa shape index (κ1) is 139. The summed E-state index contributed by atoms with van der Waals surface area (Å²) in [5, 5.41) is 0. The van der Waals surface area contributed by atoms with E-state index in [2.05, 4.69) is 104 Å². The second-order valence-electron chi connectivity index (χ2n) is 13.2. The molecule has 60 heavy (non-hydrogen) atoms. The van der Waals surface area contributed by atoms with E-state index >= 15 is 0 Å². The Morgan fingerprint density at radius 3 is 0.267 bits per heavy atom. The maximum absolute atomic E-state index is 2.16. The molecule has 0 saturated heterocycles. The monoisotopic (exact) mass is 1530 g/mol. The van der Waals surface area contributed by atoms with Gasteiger partial charge in [-0.1, -0.05) is 239 Å².